The number of carbonyl (C=O) groups excluding carboxylic acids is 1. The first-order valence-electron chi connectivity index (χ1n) is 14.6. The summed E-state index contributed by atoms with van der Waals surface area (Å²) in [6.07, 6.45) is -15.1. The molecule has 16 unspecified atom stereocenters. The van der Waals surface area contributed by atoms with Crippen molar-refractivity contribution in [2.24, 2.45) is 17.8 Å². The molecule has 0 aromatic rings. The zero-order valence-electron chi connectivity index (χ0n) is 23.2. The van der Waals surface area contributed by atoms with Gasteiger partial charge in [0.15, 0.2) is 12.4 Å². The highest BCUT2D eigenvalue weighted by Crippen LogP contribution is 2.50. The van der Waals surface area contributed by atoms with Gasteiger partial charge < -0.3 is 64.5 Å². The summed E-state index contributed by atoms with van der Waals surface area (Å²) in [5.41, 5.74) is 0. The Bertz CT molecular complexity index is 1020. The van der Waals surface area contributed by atoms with Crippen molar-refractivity contribution in [3.05, 3.63) is 0 Å². The average molecular weight is 621 g/mol. The van der Waals surface area contributed by atoms with Gasteiger partial charge in [0, 0.05) is 12.3 Å². The smallest absolute Gasteiger partial charge is 0.332 e. The fourth-order valence-corrected chi connectivity index (χ4v) is 7.43. The van der Waals surface area contributed by atoms with E-state index in [4.69, 9.17) is 28.8 Å². The lowest BCUT2D eigenvalue weighted by Gasteiger charge is -2.57. The van der Waals surface area contributed by atoms with Crippen molar-refractivity contribution >= 4 is 17.9 Å². The van der Waals surface area contributed by atoms with Crippen LogP contribution in [0.2, 0.25) is 0 Å². The molecular formula is C27H40O16. The number of esters is 1. The molecule has 0 radical (unpaired) electrons. The van der Waals surface area contributed by atoms with Crippen LogP contribution in [-0.2, 0) is 38.1 Å². The van der Waals surface area contributed by atoms with Crippen LogP contribution in [0.25, 0.3) is 0 Å². The Balaban J connectivity index is 1.42. The quantitative estimate of drug-likeness (QED) is 0.100. The number of aliphatic carboxylic acids is 2. The summed E-state index contributed by atoms with van der Waals surface area (Å²) in [5, 5.41) is 81.7. The predicted octanol–water partition coefficient (Wildman–Crippen LogP) is -2.88. The highest BCUT2D eigenvalue weighted by Gasteiger charge is 2.59. The van der Waals surface area contributed by atoms with Gasteiger partial charge in [-0.25, -0.2) is 4.79 Å². The molecule has 2 aliphatic carbocycles. The molecule has 5 rings (SSSR count). The molecule has 16 nitrogen and oxygen atoms in total. The van der Waals surface area contributed by atoms with Crippen LogP contribution in [-0.4, -0.2) is 145 Å². The Morgan fingerprint density at radius 1 is 0.767 bits per heavy atom. The topological polar surface area (TPSA) is 259 Å². The number of carboxylic acid groups (broad SMARTS) is 2. The van der Waals surface area contributed by atoms with E-state index in [1.165, 1.54) is 0 Å². The van der Waals surface area contributed by atoms with Gasteiger partial charge in [0.25, 0.3) is 0 Å². The third-order valence-electron chi connectivity index (χ3n) is 9.49. The molecule has 0 aromatic carbocycles. The average Bonchev–Trinajstić information content (AvgIpc) is 2.94. The van der Waals surface area contributed by atoms with E-state index in [1.807, 2.05) is 0 Å². The van der Waals surface area contributed by atoms with Gasteiger partial charge in [-0.3, -0.25) is 9.59 Å². The van der Waals surface area contributed by atoms with E-state index in [-0.39, 0.29) is 38.0 Å². The first-order chi connectivity index (χ1) is 20.3. The molecule has 0 aromatic heterocycles. The second-order valence-electron chi connectivity index (χ2n) is 12.3. The summed E-state index contributed by atoms with van der Waals surface area (Å²) < 4.78 is 29.3. The Kier molecular flexibility index (Phi) is 9.92. The molecular weight excluding hydrogens is 580 g/mol. The van der Waals surface area contributed by atoms with E-state index in [1.54, 1.807) is 0 Å². The minimum Gasteiger partial charge on any atom is -0.481 e. The van der Waals surface area contributed by atoms with E-state index in [0.29, 0.717) is 6.42 Å². The van der Waals surface area contributed by atoms with Crippen LogP contribution in [0.15, 0.2) is 0 Å². The van der Waals surface area contributed by atoms with Crippen LogP contribution in [0.5, 0.6) is 0 Å². The summed E-state index contributed by atoms with van der Waals surface area (Å²) in [7, 11) is 0. The summed E-state index contributed by atoms with van der Waals surface area (Å²) in [4.78, 5) is 34.6. The molecule has 43 heavy (non-hydrogen) atoms. The molecule has 5 fully saturated rings. The van der Waals surface area contributed by atoms with Crippen LogP contribution in [0.1, 0.15) is 44.9 Å². The fourth-order valence-electron chi connectivity index (χ4n) is 7.43. The first-order valence-corrected chi connectivity index (χ1v) is 14.6. The molecule has 3 heterocycles. The highest BCUT2D eigenvalue weighted by atomic mass is 16.7. The molecule has 5 aliphatic rings. The Hall–Kier alpha value is -1.99. The minimum atomic E-state index is -1.82. The number of aliphatic hydroxyl groups excluding tert-OH is 6. The zero-order chi connectivity index (χ0) is 31.2. The van der Waals surface area contributed by atoms with Crippen molar-refractivity contribution in [1.82, 2.24) is 0 Å². The third-order valence-corrected chi connectivity index (χ3v) is 9.49. The monoisotopic (exact) mass is 620 g/mol. The molecule has 3 aliphatic heterocycles. The molecule has 0 spiro atoms. The van der Waals surface area contributed by atoms with Gasteiger partial charge in [0.2, 0.25) is 0 Å². The van der Waals surface area contributed by atoms with Crippen LogP contribution in [0.4, 0.5) is 0 Å². The van der Waals surface area contributed by atoms with Gasteiger partial charge >= 0.3 is 17.9 Å². The van der Waals surface area contributed by atoms with Crippen LogP contribution in [0, 0.1) is 17.8 Å². The highest BCUT2D eigenvalue weighted by molar-refractivity contribution is 5.90. The normalized spacial score (nSPS) is 48.1. The van der Waals surface area contributed by atoms with Gasteiger partial charge in [-0.05, 0) is 43.9 Å². The molecule has 3 saturated heterocycles. The Labute approximate surface area is 246 Å². The number of rotatable bonds is 8. The third kappa shape index (κ3) is 6.83. The summed E-state index contributed by atoms with van der Waals surface area (Å²) in [5.74, 6) is -5.08. The van der Waals surface area contributed by atoms with E-state index in [9.17, 15) is 50.1 Å². The Morgan fingerprint density at radius 2 is 1.47 bits per heavy atom. The lowest BCUT2D eigenvalue weighted by Crippen LogP contribution is -2.67. The van der Waals surface area contributed by atoms with E-state index in [0.717, 1.165) is 0 Å². The fraction of sp³-hybridized carbons (Fsp3) is 0.889. The standard InChI is InChI=1S/C27H40O16/c28-10-4-14-20-11(6-16(40-14)26(37)38)25(24(41-15(20)5-10)9-1-2-12(29)13(30)3-9)43-27-23(36)22(35)21(34)17(42-27)8-39-19(33)7-18(31)32/h9-17,20-25,27-30,34-36H,1-8H2,(H,31,32)(H,37,38). The molecule has 16 heteroatoms. The van der Waals surface area contributed by atoms with Gasteiger partial charge in [0.05, 0.1) is 42.7 Å². The summed E-state index contributed by atoms with van der Waals surface area (Å²) in [6.45, 7) is -0.656. The predicted molar refractivity (Wildman–Crippen MR) is 136 cm³/mol. The van der Waals surface area contributed by atoms with Crippen LogP contribution >= 0.6 is 0 Å². The number of aliphatic hydroxyl groups is 6. The lowest BCUT2D eigenvalue weighted by molar-refractivity contribution is -0.350. The van der Waals surface area contributed by atoms with Crippen molar-refractivity contribution < 1.29 is 78.9 Å². The van der Waals surface area contributed by atoms with Crippen molar-refractivity contribution in [2.75, 3.05) is 6.61 Å². The molecule has 16 atom stereocenters. The molecule has 0 amide bonds. The van der Waals surface area contributed by atoms with Crippen molar-refractivity contribution in [1.29, 1.82) is 0 Å². The van der Waals surface area contributed by atoms with Crippen molar-refractivity contribution in [2.45, 2.75) is 124 Å². The largest absolute Gasteiger partial charge is 0.481 e. The van der Waals surface area contributed by atoms with E-state index < -0.39 is 122 Å². The maximum absolute atomic E-state index is 12.1. The first kappa shape index (κ1) is 32.4. The minimum absolute atomic E-state index is 0.00422. The maximum atomic E-state index is 12.1. The van der Waals surface area contributed by atoms with Crippen molar-refractivity contribution in [3.63, 3.8) is 0 Å². The number of carbonyl (C=O) groups is 3. The lowest BCUT2D eigenvalue weighted by atomic mass is 9.64. The second kappa shape index (κ2) is 13.2. The van der Waals surface area contributed by atoms with Gasteiger partial charge in [-0.1, -0.05) is 0 Å². The number of carboxylic acids is 2. The van der Waals surface area contributed by atoms with Crippen molar-refractivity contribution in [3.8, 4) is 0 Å². The summed E-state index contributed by atoms with van der Waals surface area (Å²) in [6, 6.07) is 0. The number of hydrogen-bond donors (Lipinski definition) is 8. The molecule has 244 valence electrons. The number of hydrogen-bond acceptors (Lipinski definition) is 14. The summed E-state index contributed by atoms with van der Waals surface area (Å²) >= 11 is 0. The number of ether oxygens (including phenoxy) is 5. The maximum Gasteiger partial charge on any atom is 0.332 e. The van der Waals surface area contributed by atoms with Crippen LogP contribution in [0.3, 0.4) is 0 Å². The Morgan fingerprint density at radius 3 is 2.12 bits per heavy atom. The van der Waals surface area contributed by atoms with E-state index >= 15 is 0 Å². The zero-order valence-corrected chi connectivity index (χ0v) is 23.2. The van der Waals surface area contributed by atoms with Gasteiger partial charge in [0.1, 0.15) is 37.4 Å². The van der Waals surface area contributed by atoms with Gasteiger partial charge in [-0.15, -0.1) is 0 Å². The van der Waals surface area contributed by atoms with Crippen LogP contribution < -0.4 is 0 Å². The molecule has 0 bridgehead atoms. The van der Waals surface area contributed by atoms with Gasteiger partial charge in [-0.2, -0.15) is 0 Å². The molecule has 8 N–H and O–H groups in total. The SMILES string of the molecule is O=C(O)CC(=O)OCC1OC(OC2C3CC(C(=O)O)OC4CC(O)CC(OC2C2CCC(O)C(O)C2)C43)C(O)C(O)C1O. The molecule has 2 saturated carbocycles. The van der Waals surface area contributed by atoms with E-state index in [2.05, 4.69) is 0 Å². The second-order valence-corrected chi connectivity index (χ2v) is 12.3.